The fourth-order valence-corrected chi connectivity index (χ4v) is 3.80. The molecule has 2 aromatic rings. The van der Waals surface area contributed by atoms with Crippen molar-refractivity contribution < 1.29 is 28.7 Å². The predicted octanol–water partition coefficient (Wildman–Crippen LogP) is 2.49. The van der Waals surface area contributed by atoms with Crippen LogP contribution < -0.4 is 20.1 Å². The minimum absolute atomic E-state index is 0.124. The van der Waals surface area contributed by atoms with Crippen LogP contribution in [0.3, 0.4) is 0 Å². The lowest BCUT2D eigenvalue weighted by atomic mass is 10.0. The number of nitrogens with zero attached hydrogens (tertiary/aromatic N) is 3. The molecule has 0 radical (unpaired) electrons. The molecule has 0 spiro atoms. The average molecular weight is 458 g/mol. The minimum Gasteiger partial charge on any atom is -0.493 e. The van der Waals surface area contributed by atoms with E-state index in [1.54, 1.807) is 25.2 Å². The molecule has 1 unspecified atom stereocenters. The van der Waals surface area contributed by atoms with Crippen molar-refractivity contribution in [2.45, 2.75) is 12.5 Å². The predicted molar refractivity (Wildman–Crippen MR) is 119 cm³/mol. The second kappa shape index (κ2) is 10.5. The molecule has 1 heterocycles. The topological polar surface area (TPSA) is 137 Å². The first-order valence-corrected chi connectivity index (χ1v) is 10.3. The van der Waals surface area contributed by atoms with E-state index in [4.69, 9.17) is 19.9 Å². The molecule has 3 rings (SSSR count). The Labute approximate surface area is 190 Å². The molecule has 0 aromatic heterocycles. The lowest BCUT2D eigenvalue weighted by Gasteiger charge is -2.36. The van der Waals surface area contributed by atoms with Gasteiger partial charge in [0.1, 0.15) is 6.10 Å². The molecule has 11 heteroatoms. The number of methoxy groups -OCH3 is 2. The van der Waals surface area contributed by atoms with Gasteiger partial charge in [0.25, 0.3) is 5.69 Å². The summed E-state index contributed by atoms with van der Waals surface area (Å²) in [6, 6.07) is 11.4. The Morgan fingerprint density at radius 2 is 1.73 bits per heavy atom. The Bertz CT molecular complexity index is 1020. The molecular weight excluding hydrogens is 432 g/mol. The summed E-state index contributed by atoms with van der Waals surface area (Å²) in [5.74, 6) is 0.960. The first-order chi connectivity index (χ1) is 15.8. The summed E-state index contributed by atoms with van der Waals surface area (Å²) >= 11 is 0. The Morgan fingerprint density at radius 1 is 1.06 bits per heavy atom. The van der Waals surface area contributed by atoms with E-state index in [-0.39, 0.29) is 23.6 Å². The number of anilines is 1. The summed E-state index contributed by atoms with van der Waals surface area (Å²) < 4.78 is 15.7. The molecule has 11 nitrogen and oxygen atoms in total. The molecule has 1 atom stereocenters. The van der Waals surface area contributed by atoms with Crippen molar-refractivity contribution in [3.63, 3.8) is 0 Å². The molecule has 1 aliphatic rings. The number of rotatable bonds is 8. The largest absolute Gasteiger partial charge is 0.493 e. The fourth-order valence-electron chi connectivity index (χ4n) is 3.80. The van der Waals surface area contributed by atoms with E-state index in [1.807, 2.05) is 18.2 Å². The molecular formula is C22H26N4O7. The maximum Gasteiger partial charge on any atom is 0.405 e. The van der Waals surface area contributed by atoms with Gasteiger partial charge in [-0.1, -0.05) is 12.1 Å². The highest BCUT2D eigenvalue weighted by atomic mass is 16.6. The van der Waals surface area contributed by atoms with Gasteiger partial charge in [-0.15, -0.1) is 0 Å². The van der Waals surface area contributed by atoms with Gasteiger partial charge in [-0.05, 0) is 18.2 Å². The van der Waals surface area contributed by atoms with E-state index in [1.165, 1.54) is 18.2 Å². The van der Waals surface area contributed by atoms with Gasteiger partial charge in [0.05, 0.1) is 31.1 Å². The van der Waals surface area contributed by atoms with E-state index >= 15 is 0 Å². The molecule has 2 amide bonds. The number of benzene rings is 2. The first-order valence-electron chi connectivity index (χ1n) is 10.3. The number of nitrogens with two attached hydrogens (primary N) is 1. The third kappa shape index (κ3) is 5.62. The number of carbonyl (C=O) groups is 2. The van der Waals surface area contributed by atoms with Crippen molar-refractivity contribution >= 4 is 23.4 Å². The first kappa shape index (κ1) is 23.6. The van der Waals surface area contributed by atoms with Crippen LogP contribution in [0.5, 0.6) is 11.5 Å². The van der Waals surface area contributed by atoms with Gasteiger partial charge < -0.3 is 29.7 Å². The Balaban J connectivity index is 1.68. The molecule has 0 saturated carbocycles. The number of nitro groups is 1. The molecule has 0 aliphatic carbocycles. The summed E-state index contributed by atoms with van der Waals surface area (Å²) in [6.07, 6.45) is -2.51. The summed E-state index contributed by atoms with van der Waals surface area (Å²) in [7, 11) is 3.14. The number of nitro benzene ring substituents is 1. The second-order valence-corrected chi connectivity index (χ2v) is 7.35. The van der Waals surface area contributed by atoms with Crippen LogP contribution in [0.25, 0.3) is 0 Å². The van der Waals surface area contributed by atoms with Gasteiger partial charge in [-0.2, -0.15) is 0 Å². The van der Waals surface area contributed by atoms with E-state index < -0.39 is 17.1 Å². The van der Waals surface area contributed by atoms with Gasteiger partial charge in [0.2, 0.25) is 5.91 Å². The van der Waals surface area contributed by atoms with E-state index in [0.29, 0.717) is 37.7 Å². The van der Waals surface area contributed by atoms with E-state index in [9.17, 15) is 19.7 Å². The summed E-state index contributed by atoms with van der Waals surface area (Å²) in [5.41, 5.74) is 5.98. The maximum absolute atomic E-state index is 12.9. The zero-order valence-electron chi connectivity index (χ0n) is 18.4. The summed E-state index contributed by atoms with van der Waals surface area (Å²) in [5, 5.41) is 11.4. The Morgan fingerprint density at radius 3 is 2.33 bits per heavy atom. The summed E-state index contributed by atoms with van der Waals surface area (Å²) in [4.78, 5) is 38.9. The van der Waals surface area contributed by atoms with Crippen molar-refractivity contribution in [1.29, 1.82) is 0 Å². The average Bonchev–Trinajstić information content (AvgIpc) is 2.82. The number of hydrogen-bond donors (Lipinski definition) is 1. The number of ether oxygens (including phenoxy) is 3. The minimum atomic E-state index is -1.15. The van der Waals surface area contributed by atoms with Crippen molar-refractivity contribution in [3.05, 3.63) is 58.1 Å². The van der Waals surface area contributed by atoms with Crippen LogP contribution in [0.4, 0.5) is 16.2 Å². The zero-order chi connectivity index (χ0) is 24.0. The van der Waals surface area contributed by atoms with Crippen molar-refractivity contribution in [2.24, 2.45) is 5.73 Å². The SMILES string of the molecule is COc1ccc(N2CCN(C(=O)CC(OC(N)=O)c3ccccc3[N+](=O)[O-])CC2)cc1OC. The highest BCUT2D eigenvalue weighted by Crippen LogP contribution is 2.33. The third-order valence-corrected chi connectivity index (χ3v) is 5.46. The molecule has 1 fully saturated rings. The van der Waals surface area contributed by atoms with Crippen molar-refractivity contribution in [2.75, 3.05) is 45.3 Å². The Hall–Kier alpha value is -4.02. The van der Waals surface area contributed by atoms with Gasteiger partial charge >= 0.3 is 6.09 Å². The van der Waals surface area contributed by atoms with Crippen LogP contribution in [0.15, 0.2) is 42.5 Å². The normalized spacial score (nSPS) is 14.4. The second-order valence-electron chi connectivity index (χ2n) is 7.35. The number of para-hydroxylation sites is 1. The van der Waals surface area contributed by atoms with Crippen LogP contribution in [-0.4, -0.2) is 62.2 Å². The monoisotopic (exact) mass is 458 g/mol. The van der Waals surface area contributed by atoms with Gasteiger partial charge in [-0.25, -0.2) is 4.79 Å². The van der Waals surface area contributed by atoms with Crippen LogP contribution in [0, 0.1) is 10.1 Å². The fraction of sp³-hybridized carbons (Fsp3) is 0.364. The number of carbonyl (C=O) groups excluding carboxylic acids is 2. The van der Waals surface area contributed by atoms with Crippen LogP contribution in [-0.2, 0) is 9.53 Å². The third-order valence-electron chi connectivity index (χ3n) is 5.46. The quantitative estimate of drug-likeness (QED) is 0.470. The molecule has 33 heavy (non-hydrogen) atoms. The molecule has 0 bridgehead atoms. The van der Waals surface area contributed by atoms with Gasteiger partial charge in [-0.3, -0.25) is 14.9 Å². The molecule has 176 valence electrons. The number of hydrogen-bond acceptors (Lipinski definition) is 8. The zero-order valence-corrected chi connectivity index (χ0v) is 18.4. The van der Waals surface area contributed by atoms with E-state index in [0.717, 1.165) is 5.69 Å². The molecule has 1 aliphatic heterocycles. The number of primary amides is 1. The van der Waals surface area contributed by atoms with Crippen molar-refractivity contribution in [3.8, 4) is 11.5 Å². The summed E-state index contributed by atoms with van der Waals surface area (Å²) in [6.45, 7) is 2.03. The smallest absolute Gasteiger partial charge is 0.405 e. The van der Waals surface area contributed by atoms with Crippen LogP contribution in [0.2, 0.25) is 0 Å². The number of piperazine rings is 1. The molecule has 1 saturated heterocycles. The van der Waals surface area contributed by atoms with Gasteiger partial charge in [0, 0.05) is 44.0 Å². The maximum atomic E-state index is 12.9. The Kier molecular flexibility index (Phi) is 7.54. The van der Waals surface area contributed by atoms with Crippen LogP contribution >= 0.6 is 0 Å². The molecule has 2 N–H and O–H groups in total. The highest BCUT2D eigenvalue weighted by Gasteiger charge is 2.30. The standard InChI is InChI=1S/C22H26N4O7/c1-31-18-8-7-15(13-20(18)32-2)24-9-11-25(12-10-24)21(27)14-19(33-22(23)28)16-5-3-4-6-17(16)26(29)30/h3-8,13,19H,9-12,14H2,1-2H3,(H2,23,28). The lowest BCUT2D eigenvalue weighted by molar-refractivity contribution is -0.386. The van der Waals surface area contributed by atoms with Gasteiger partial charge in [0.15, 0.2) is 11.5 Å². The lowest BCUT2D eigenvalue weighted by Crippen LogP contribution is -2.49. The molecule has 2 aromatic carbocycles. The number of amides is 2. The van der Waals surface area contributed by atoms with E-state index in [2.05, 4.69) is 4.90 Å². The van der Waals surface area contributed by atoms with Crippen molar-refractivity contribution in [1.82, 2.24) is 4.90 Å². The van der Waals surface area contributed by atoms with Crippen LogP contribution in [0.1, 0.15) is 18.1 Å². The highest BCUT2D eigenvalue weighted by molar-refractivity contribution is 5.78.